The molecular weight excluding hydrogens is 374 g/mol. The van der Waals surface area contributed by atoms with E-state index in [9.17, 15) is 4.79 Å². The number of methoxy groups -OCH3 is 2. The molecule has 5 heteroatoms. The molecule has 0 bridgehead atoms. The number of nitrogens with zero attached hydrogens (tertiary/aromatic N) is 1. The second-order valence-corrected chi connectivity index (χ2v) is 7.60. The van der Waals surface area contributed by atoms with E-state index in [0.29, 0.717) is 23.1 Å². The molecule has 0 saturated heterocycles. The summed E-state index contributed by atoms with van der Waals surface area (Å²) in [5.74, 6) is 1.62. The fourth-order valence-electron chi connectivity index (χ4n) is 4.09. The van der Waals surface area contributed by atoms with E-state index in [-0.39, 0.29) is 17.9 Å². The van der Waals surface area contributed by atoms with Crippen LogP contribution in [-0.4, -0.2) is 31.6 Å². The lowest BCUT2D eigenvalue weighted by atomic mass is 9.86. The number of ether oxygens (including phenoxy) is 2. The summed E-state index contributed by atoms with van der Waals surface area (Å²) in [6.45, 7) is 4.83. The minimum atomic E-state index is -0.185. The van der Waals surface area contributed by atoms with Gasteiger partial charge in [0.2, 0.25) is 5.91 Å². The van der Waals surface area contributed by atoms with Crippen molar-refractivity contribution < 1.29 is 14.3 Å². The Morgan fingerprint density at radius 1 is 1.14 bits per heavy atom. The predicted molar refractivity (Wildman–Crippen MR) is 112 cm³/mol. The molecule has 0 N–H and O–H groups in total. The molecule has 28 heavy (non-hydrogen) atoms. The molecule has 1 aliphatic rings. The van der Waals surface area contributed by atoms with Gasteiger partial charge in [0.05, 0.1) is 20.3 Å². The van der Waals surface area contributed by atoms with Crippen LogP contribution in [0.1, 0.15) is 49.4 Å². The zero-order valence-corrected chi connectivity index (χ0v) is 17.8. The van der Waals surface area contributed by atoms with E-state index in [1.54, 1.807) is 14.2 Å². The van der Waals surface area contributed by atoms with Crippen LogP contribution >= 0.6 is 11.6 Å². The van der Waals surface area contributed by atoms with Crippen molar-refractivity contribution in [3.05, 3.63) is 58.1 Å². The smallest absolute Gasteiger partial charge is 0.226 e. The van der Waals surface area contributed by atoms with Gasteiger partial charge in [-0.25, -0.2) is 0 Å². The van der Waals surface area contributed by atoms with Crippen LogP contribution in [-0.2, 0) is 11.2 Å². The highest BCUT2D eigenvalue weighted by atomic mass is 35.5. The molecule has 0 spiro atoms. The zero-order chi connectivity index (χ0) is 20.3. The van der Waals surface area contributed by atoms with Gasteiger partial charge in [-0.1, -0.05) is 37.6 Å². The van der Waals surface area contributed by atoms with Gasteiger partial charge in [-0.3, -0.25) is 4.79 Å². The van der Waals surface area contributed by atoms with Crippen molar-refractivity contribution in [2.24, 2.45) is 5.92 Å². The molecule has 150 valence electrons. The van der Waals surface area contributed by atoms with Gasteiger partial charge < -0.3 is 14.4 Å². The van der Waals surface area contributed by atoms with Gasteiger partial charge in [0, 0.05) is 17.5 Å². The Labute approximate surface area is 172 Å². The minimum absolute atomic E-state index is 0.0309. The number of carbonyl (C=O) groups excluding carboxylic acids is 1. The topological polar surface area (TPSA) is 38.8 Å². The lowest BCUT2D eigenvalue weighted by Gasteiger charge is -2.39. The first-order valence-corrected chi connectivity index (χ1v) is 10.2. The SMILES string of the molecule is CCC(CC)C(=O)N1CCc2cc(OC)c(OC)cc2[C@@H]1c1cccc(Cl)c1. The molecule has 1 atom stereocenters. The fraction of sp³-hybridized carbons (Fsp3) is 0.435. The Hall–Kier alpha value is -2.20. The molecule has 0 aliphatic carbocycles. The molecule has 0 unspecified atom stereocenters. The summed E-state index contributed by atoms with van der Waals surface area (Å²) >= 11 is 6.29. The number of halogens is 1. The van der Waals surface area contributed by atoms with Crippen LogP contribution in [0.15, 0.2) is 36.4 Å². The van der Waals surface area contributed by atoms with Crippen molar-refractivity contribution in [3.63, 3.8) is 0 Å². The first kappa shape index (κ1) is 20.5. The average molecular weight is 402 g/mol. The Kier molecular flexibility index (Phi) is 6.50. The number of benzene rings is 2. The van der Waals surface area contributed by atoms with Gasteiger partial charge >= 0.3 is 0 Å². The molecule has 2 aromatic carbocycles. The lowest BCUT2D eigenvalue weighted by Crippen LogP contribution is -2.43. The van der Waals surface area contributed by atoms with Crippen LogP contribution in [0.3, 0.4) is 0 Å². The third-order valence-electron chi connectivity index (χ3n) is 5.66. The van der Waals surface area contributed by atoms with Gasteiger partial charge in [-0.15, -0.1) is 0 Å². The van der Waals surface area contributed by atoms with Crippen LogP contribution < -0.4 is 9.47 Å². The summed E-state index contributed by atoms with van der Waals surface area (Å²) in [6.07, 6.45) is 2.47. The minimum Gasteiger partial charge on any atom is -0.493 e. The molecule has 0 saturated carbocycles. The van der Waals surface area contributed by atoms with Crippen LogP contribution in [0.2, 0.25) is 5.02 Å². The fourth-order valence-corrected chi connectivity index (χ4v) is 4.29. The summed E-state index contributed by atoms with van der Waals surface area (Å²) in [6, 6.07) is 11.6. The van der Waals surface area contributed by atoms with Crippen molar-refractivity contribution >= 4 is 17.5 Å². The molecule has 1 heterocycles. The summed E-state index contributed by atoms with van der Waals surface area (Å²) in [5.41, 5.74) is 3.27. The molecule has 3 rings (SSSR count). The van der Waals surface area contributed by atoms with E-state index in [4.69, 9.17) is 21.1 Å². The van der Waals surface area contributed by atoms with Gasteiger partial charge in [0.15, 0.2) is 11.5 Å². The highest BCUT2D eigenvalue weighted by molar-refractivity contribution is 6.30. The number of carbonyl (C=O) groups is 1. The Morgan fingerprint density at radius 2 is 1.82 bits per heavy atom. The first-order valence-electron chi connectivity index (χ1n) is 9.84. The number of hydrogen-bond donors (Lipinski definition) is 0. The van der Waals surface area contributed by atoms with E-state index in [0.717, 1.165) is 30.4 Å². The van der Waals surface area contributed by atoms with Gasteiger partial charge in [0.1, 0.15) is 0 Å². The molecule has 0 aromatic heterocycles. The molecule has 1 aliphatic heterocycles. The van der Waals surface area contributed by atoms with E-state index >= 15 is 0 Å². The van der Waals surface area contributed by atoms with Gasteiger partial charge in [-0.2, -0.15) is 0 Å². The van der Waals surface area contributed by atoms with Crippen molar-refractivity contribution in [1.82, 2.24) is 4.90 Å². The molecule has 0 radical (unpaired) electrons. The van der Waals surface area contributed by atoms with E-state index < -0.39 is 0 Å². The molecular formula is C23H28ClNO3. The summed E-state index contributed by atoms with van der Waals surface area (Å²) in [4.78, 5) is 15.4. The maximum absolute atomic E-state index is 13.4. The van der Waals surface area contributed by atoms with Gasteiger partial charge in [-0.05, 0) is 60.2 Å². The summed E-state index contributed by atoms with van der Waals surface area (Å²) in [5, 5.41) is 0.667. The third kappa shape index (κ3) is 3.83. The van der Waals surface area contributed by atoms with Crippen molar-refractivity contribution in [2.45, 2.75) is 39.2 Å². The number of hydrogen-bond acceptors (Lipinski definition) is 3. The quantitative estimate of drug-likeness (QED) is 0.662. The highest BCUT2D eigenvalue weighted by Gasteiger charge is 2.35. The van der Waals surface area contributed by atoms with Crippen molar-refractivity contribution in [1.29, 1.82) is 0 Å². The summed E-state index contributed by atoms with van der Waals surface area (Å²) < 4.78 is 11.0. The Balaban J connectivity index is 2.15. The largest absolute Gasteiger partial charge is 0.493 e. The van der Waals surface area contributed by atoms with E-state index in [1.807, 2.05) is 41.3 Å². The highest BCUT2D eigenvalue weighted by Crippen LogP contribution is 2.42. The lowest BCUT2D eigenvalue weighted by molar-refractivity contribution is -0.137. The monoisotopic (exact) mass is 401 g/mol. The van der Waals surface area contributed by atoms with Crippen LogP contribution in [0.25, 0.3) is 0 Å². The first-order chi connectivity index (χ1) is 13.5. The maximum Gasteiger partial charge on any atom is 0.226 e. The second-order valence-electron chi connectivity index (χ2n) is 7.16. The Bertz CT molecular complexity index is 848. The predicted octanol–water partition coefficient (Wildman–Crippen LogP) is 5.27. The molecule has 4 nitrogen and oxygen atoms in total. The third-order valence-corrected chi connectivity index (χ3v) is 5.89. The number of rotatable bonds is 6. The average Bonchev–Trinajstić information content (AvgIpc) is 2.72. The number of amides is 1. The van der Waals surface area contributed by atoms with Gasteiger partial charge in [0.25, 0.3) is 0 Å². The molecule has 2 aromatic rings. The van der Waals surface area contributed by atoms with Crippen LogP contribution in [0.5, 0.6) is 11.5 Å². The molecule has 1 amide bonds. The van der Waals surface area contributed by atoms with Crippen LogP contribution in [0, 0.1) is 5.92 Å². The Morgan fingerprint density at radius 3 is 2.43 bits per heavy atom. The van der Waals surface area contributed by atoms with Crippen molar-refractivity contribution in [3.8, 4) is 11.5 Å². The van der Waals surface area contributed by atoms with E-state index in [2.05, 4.69) is 13.8 Å². The standard InChI is InChI=1S/C23H28ClNO3/c1-5-15(6-2)23(26)25-11-10-16-13-20(27-3)21(28-4)14-19(16)22(25)17-8-7-9-18(24)12-17/h7-9,12-15,22H,5-6,10-11H2,1-4H3/t22-/m0/s1. The van der Waals surface area contributed by atoms with Crippen LogP contribution in [0.4, 0.5) is 0 Å². The number of fused-ring (bicyclic) bond motifs is 1. The van der Waals surface area contributed by atoms with E-state index in [1.165, 1.54) is 5.56 Å². The van der Waals surface area contributed by atoms with Crippen molar-refractivity contribution in [2.75, 3.05) is 20.8 Å². The second kappa shape index (κ2) is 8.87. The normalized spacial score (nSPS) is 16.1. The maximum atomic E-state index is 13.4. The summed E-state index contributed by atoms with van der Waals surface area (Å²) in [7, 11) is 3.28. The molecule has 0 fully saturated rings. The zero-order valence-electron chi connectivity index (χ0n) is 17.0.